The molecular weight excluding hydrogens is 408 g/mol. The minimum Gasteiger partial charge on any atom is -0.481 e. The molecule has 0 bridgehead atoms. The lowest BCUT2D eigenvalue weighted by atomic mass is 9.33. The molecule has 0 heterocycles. The van der Waals surface area contributed by atoms with Crippen molar-refractivity contribution in [2.75, 3.05) is 0 Å². The third kappa shape index (κ3) is 2.75. The van der Waals surface area contributed by atoms with Gasteiger partial charge >= 0.3 is 5.97 Å². The lowest BCUT2D eigenvalue weighted by Crippen LogP contribution is -2.66. The lowest BCUT2D eigenvalue weighted by molar-refractivity contribution is -0.217. The van der Waals surface area contributed by atoms with Gasteiger partial charge in [-0.05, 0) is 116 Å². The molecule has 0 aromatic carbocycles. The Balaban J connectivity index is 1.60. The van der Waals surface area contributed by atoms with E-state index in [1.807, 2.05) is 6.92 Å². The Morgan fingerprint density at radius 3 is 2.27 bits per heavy atom. The van der Waals surface area contributed by atoms with Crippen LogP contribution in [0, 0.1) is 56.7 Å². The van der Waals surface area contributed by atoms with Crippen molar-refractivity contribution < 1.29 is 15.0 Å². The maximum atomic E-state index is 12.5. The zero-order valence-electron chi connectivity index (χ0n) is 22.2. The van der Waals surface area contributed by atoms with E-state index >= 15 is 0 Å². The van der Waals surface area contributed by atoms with E-state index < -0.39 is 17.5 Å². The van der Waals surface area contributed by atoms with Crippen LogP contribution in [0.1, 0.15) is 106 Å². The van der Waals surface area contributed by atoms with Gasteiger partial charge in [0.2, 0.25) is 0 Å². The fraction of sp³-hybridized carbons (Fsp3) is 0.900. The maximum absolute atomic E-state index is 12.5. The molecule has 3 nitrogen and oxygen atoms in total. The van der Waals surface area contributed by atoms with Crippen LogP contribution in [0.4, 0.5) is 0 Å². The van der Waals surface area contributed by atoms with Gasteiger partial charge in [0, 0.05) is 0 Å². The molecule has 33 heavy (non-hydrogen) atoms. The van der Waals surface area contributed by atoms with Gasteiger partial charge in [0.25, 0.3) is 0 Å². The van der Waals surface area contributed by atoms with Crippen LogP contribution in [0.15, 0.2) is 11.6 Å². The van der Waals surface area contributed by atoms with Crippen LogP contribution < -0.4 is 0 Å². The van der Waals surface area contributed by atoms with Crippen molar-refractivity contribution >= 4 is 5.97 Å². The summed E-state index contributed by atoms with van der Waals surface area (Å²) in [5, 5.41) is 21.1. The fourth-order valence-corrected chi connectivity index (χ4v) is 10.8. The quantitative estimate of drug-likeness (QED) is 0.414. The van der Waals surface area contributed by atoms with Crippen molar-refractivity contribution in [2.45, 2.75) is 112 Å². The third-order valence-corrected chi connectivity index (χ3v) is 13.5. The van der Waals surface area contributed by atoms with Crippen LogP contribution in [0.25, 0.3) is 0 Å². The molecule has 3 heteroatoms. The molecule has 6 unspecified atom stereocenters. The van der Waals surface area contributed by atoms with Crippen molar-refractivity contribution in [3.63, 3.8) is 0 Å². The second kappa shape index (κ2) is 7.11. The number of hydrogen-bond donors (Lipinski definition) is 2. The van der Waals surface area contributed by atoms with Crippen LogP contribution in [-0.2, 0) is 4.79 Å². The monoisotopic (exact) mass is 456 g/mol. The number of carbonyl (C=O) groups is 1. The highest BCUT2D eigenvalue weighted by Crippen LogP contribution is 2.75. The topological polar surface area (TPSA) is 57.5 Å². The second-order valence-electron chi connectivity index (χ2n) is 14.4. The molecule has 5 rings (SSSR count). The predicted octanol–water partition coefficient (Wildman–Crippen LogP) is 7.09. The Kier molecular flexibility index (Phi) is 5.15. The van der Waals surface area contributed by atoms with E-state index in [2.05, 4.69) is 47.6 Å². The Labute approximate surface area is 201 Å². The molecule has 5 aliphatic rings. The Hall–Kier alpha value is -0.830. The lowest BCUT2D eigenvalue weighted by Gasteiger charge is -2.71. The van der Waals surface area contributed by atoms with E-state index in [0.29, 0.717) is 23.7 Å². The summed E-state index contributed by atoms with van der Waals surface area (Å²) in [4.78, 5) is 12.5. The van der Waals surface area contributed by atoms with Crippen LogP contribution >= 0.6 is 0 Å². The molecule has 0 amide bonds. The minimum atomic E-state index is -1.03. The van der Waals surface area contributed by atoms with Crippen LogP contribution in [0.2, 0.25) is 0 Å². The highest BCUT2D eigenvalue weighted by Gasteiger charge is 2.69. The van der Waals surface area contributed by atoms with E-state index in [0.717, 1.165) is 37.5 Å². The number of aliphatic hydroxyl groups is 1. The Morgan fingerprint density at radius 2 is 1.61 bits per heavy atom. The second-order valence-corrected chi connectivity index (χ2v) is 14.4. The van der Waals surface area contributed by atoms with Gasteiger partial charge in [-0.15, -0.1) is 0 Å². The van der Waals surface area contributed by atoms with E-state index in [9.17, 15) is 15.0 Å². The molecular formula is C30H48O3. The molecule has 5 aliphatic carbocycles. The SMILES string of the molecule is CC1CC[C@]2(C)CC[C@]3(C)C(=CCC4[C@@]5(C)CCC(O)[C@](C)(C(=O)O)C5CC[C@]43C)C2C1C. The van der Waals surface area contributed by atoms with Crippen molar-refractivity contribution in [3.8, 4) is 0 Å². The number of aliphatic carboxylic acids is 1. The summed E-state index contributed by atoms with van der Waals surface area (Å²) in [6.45, 7) is 17.0. The number of aliphatic hydroxyl groups excluding tert-OH is 1. The molecule has 0 aromatic heterocycles. The standard InChI is InChI=1S/C30H48O3/c1-18-10-13-26(3)16-17-28(5)20(24(26)19(18)2)8-9-21-27(4)14-12-23(31)30(7,25(32)33)22(27)11-15-29(21,28)6/h8,18-19,21-24,31H,9-17H2,1-7H3,(H,32,33)/t18?,19?,21?,22?,23?,24?,26-,27-,28-,29-,30-/m1/s1. The van der Waals surface area contributed by atoms with Crippen LogP contribution in [-0.4, -0.2) is 22.3 Å². The van der Waals surface area contributed by atoms with Crippen molar-refractivity contribution in [3.05, 3.63) is 11.6 Å². The Morgan fingerprint density at radius 1 is 0.909 bits per heavy atom. The first-order valence-corrected chi connectivity index (χ1v) is 13.9. The zero-order chi connectivity index (χ0) is 24.2. The third-order valence-electron chi connectivity index (χ3n) is 13.5. The van der Waals surface area contributed by atoms with Gasteiger partial charge in [-0.2, -0.15) is 0 Å². The number of carboxylic acids is 1. The summed E-state index contributed by atoms with van der Waals surface area (Å²) in [6, 6.07) is 0. The zero-order valence-corrected chi connectivity index (χ0v) is 22.2. The van der Waals surface area contributed by atoms with E-state index in [-0.39, 0.29) is 22.2 Å². The summed E-state index contributed by atoms with van der Waals surface area (Å²) < 4.78 is 0. The Bertz CT molecular complexity index is 878. The molecule has 0 aliphatic heterocycles. The van der Waals surface area contributed by atoms with Crippen molar-refractivity contribution in [2.24, 2.45) is 56.7 Å². The smallest absolute Gasteiger partial charge is 0.312 e. The predicted molar refractivity (Wildman–Crippen MR) is 133 cm³/mol. The first-order chi connectivity index (χ1) is 15.3. The minimum absolute atomic E-state index is 0.0311. The van der Waals surface area contributed by atoms with Gasteiger partial charge in [0.15, 0.2) is 0 Å². The average molecular weight is 457 g/mol. The summed E-state index contributed by atoms with van der Waals surface area (Å²) >= 11 is 0. The number of rotatable bonds is 1. The number of allylic oxidation sites excluding steroid dienone is 2. The van der Waals surface area contributed by atoms with Crippen LogP contribution in [0.5, 0.6) is 0 Å². The fourth-order valence-electron chi connectivity index (χ4n) is 10.8. The van der Waals surface area contributed by atoms with E-state index in [1.165, 1.54) is 25.7 Å². The summed E-state index contributed by atoms with van der Waals surface area (Å²) in [5.74, 6) is 1.96. The first kappa shape index (κ1) is 23.9. The highest BCUT2D eigenvalue weighted by atomic mass is 16.4. The van der Waals surface area contributed by atoms with Gasteiger partial charge in [0.1, 0.15) is 0 Å². The van der Waals surface area contributed by atoms with E-state index in [4.69, 9.17) is 0 Å². The van der Waals surface area contributed by atoms with Gasteiger partial charge in [-0.1, -0.05) is 53.2 Å². The van der Waals surface area contributed by atoms with Crippen LogP contribution in [0.3, 0.4) is 0 Å². The largest absolute Gasteiger partial charge is 0.481 e. The molecule has 0 spiro atoms. The summed E-state index contributed by atoms with van der Waals surface area (Å²) in [5.41, 5.74) is 1.56. The highest BCUT2D eigenvalue weighted by molar-refractivity contribution is 5.76. The van der Waals surface area contributed by atoms with Gasteiger partial charge in [0.05, 0.1) is 11.5 Å². The molecule has 0 aromatic rings. The first-order valence-electron chi connectivity index (χ1n) is 13.9. The number of carboxylic acid groups (broad SMARTS) is 1. The molecule has 0 radical (unpaired) electrons. The molecule has 2 N–H and O–H groups in total. The van der Waals surface area contributed by atoms with E-state index in [1.54, 1.807) is 5.57 Å². The maximum Gasteiger partial charge on any atom is 0.312 e. The molecule has 4 fully saturated rings. The van der Waals surface area contributed by atoms with Gasteiger partial charge in [-0.3, -0.25) is 4.79 Å². The van der Waals surface area contributed by atoms with Crippen molar-refractivity contribution in [1.29, 1.82) is 0 Å². The number of fused-ring (bicyclic) bond motifs is 7. The number of hydrogen-bond acceptors (Lipinski definition) is 2. The van der Waals surface area contributed by atoms with Gasteiger partial charge < -0.3 is 10.2 Å². The molecule has 0 saturated heterocycles. The summed E-state index contributed by atoms with van der Waals surface area (Å²) in [7, 11) is 0. The average Bonchev–Trinajstić information content (AvgIpc) is 2.75. The van der Waals surface area contributed by atoms with Gasteiger partial charge in [-0.25, -0.2) is 0 Å². The normalized spacial score (nSPS) is 58.2. The molecule has 4 saturated carbocycles. The molecule has 11 atom stereocenters. The molecule has 186 valence electrons. The summed E-state index contributed by atoms with van der Waals surface area (Å²) in [6.07, 6.45) is 12.0. The van der Waals surface area contributed by atoms with Crippen molar-refractivity contribution in [1.82, 2.24) is 0 Å².